The number of halogens is 3. The normalized spacial score (nSPS) is 22.1. The summed E-state index contributed by atoms with van der Waals surface area (Å²) in [5, 5.41) is 17.9. The van der Waals surface area contributed by atoms with Crippen LogP contribution >= 0.6 is 0 Å². The first-order chi connectivity index (χ1) is 13.0. The first kappa shape index (κ1) is 19.0. The molecule has 2 aliphatic rings. The number of aliphatic hydroxyl groups is 1. The number of amides is 1. The number of aryl methyl sites for hydroxylation is 1. The van der Waals surface area contributed by atoms with Crippen LogP contribution in [0.15, 0.2) is 10.7 Å². The van der Waals surface area contributed by atoms with E-state index in [1.807, 2.05) is 0 Å². The van der Waals surface area contributed by atoms with E-state index in [1.54, 1.807) is 24.9 Å². The maximum absolute atomic E-state index is 13.2. The predicted octanol–water partition coefficient (Wildman–Crippen LogP) is 2.81. The van der Waals surface area contributed by atoms with E-state index in [-0.39, 0.29) is 36.2 Å². The molecule has 28 heavy (non-hydrogen) atoms. The molecule has 2 atom stereocenters. The molecule has 7 nitrogen and oxygen atoms in total. The number of fused-ring (bicyclic) bond motifs is 1. The van der Waals surface area contributed by atoms with Crippen molar-refractivity contribution in [3.63, 3.8) is 0 Å². The maximum atomic E-state index is 13.2. The van der Waals surface area contributed by atoms with Crippen molar-refractivity contribution in [1.29, 1.82) is 0 Å². The minimum atomic E-state index is -4.89. The number of nitrogens with zero attached hydrogens (tertiary/aromatic N) is 4. The molecule has 152 valence electrons. The van der Waals surface area contributed by atoms with Crippen molar-refractivity contribution in [3.05, 3.63) is 34.5 Å². The summed E-state index contributed by atoms with van der Waals surface area (Å²) < 4.78 is 46.5. The molecule has 4 rings (SSSR count). The lowest BCUT2D eigenvalue weighted by Gasteiger charge is -2.32. The van der Waals surface area contributed by atoms with E-state index in [9.17, 15) is 23.1 Å². The standard InChI is InChI=1S/C18H21F3N4O3/c1-9-6-25(16(26)11-7-24(3)22-14(11)10-4-5-10)8-12-13(9)15(23-28-12)17(2,27)18(19,20)21/h7,9-10,27H,4-6,8H2,1-3H3/t9-,17+/m0/s1. The molecule has 0 aromatic carbocycles. The zero-order valence-electron chi connectivity index (χ0n) is 15.7. The van der Waals surface area contributed by atoms with Gasteiger partial charge in [-0.15, -0.1) is 0 Å². The van der Waals surface area contributed by atoms with E-state index in [1.165, 1.54) is 4.90 Å². The zero-order valence-corrected chi connectivity index (χ0v) is 15.7. The fourth-order valence-corrected chi connectivity index (χ4v) is 3.75. The van der Waals surface area contributed by atoms with Crippen molar-refractivity contribution >= 4 is 5.91 Å². The van der Waals surface area contributed by atoms with E-state index >= 15 is 0 Å². The van der Waals surface area contributed by atoms with Gasteiger partial charge in [0, 0.05) is 37.2 Å². The molecule has 0 spiro atoms. The van der Waals surface area contributed by atoms with Crippen LogP contribution in [0.2, 0.25) is 0 Å². The second-order valence-corrected chi connectivity index (χ2v) is 7.90. The fourth-order valence-electron chi connectivity index (χ4n) is 3.75. The van der Waals surface area contributed by atoms with Crippen molar-refractivity contribution in [3.8, 4) is 0 Å². The highest BCUT2D eigenvalue weighted by Crippen LogP contribution is 2.44. The van der Waals surface area contributed by atoms with Gasteiger partial charge < -0.3 is 14.5 Å². The van der Waals surface area contributed by atoms with Gasteiger partial charge in [0.15, 0.2) is 5.76 Å². The SMILES string of the molecule is C[C@H]1CN(C(=O)c2cn(C)nc2C2CC2)Cc2onc([C@@](C)(O)C(F)(F)F)c21. The quantitative estimate of drug-likeness (QED) is 0.860. The van der Waals surface area contributed by atoms with Crippen LogP contribution < -0.4 is 0 Å². The Hall–Kier alpha value is -2.36. The van der Waals surface area contributed by atoms with Gasteiger partial charge in [0.1, 0.15) is 5.69 Å². The van der Waals surface area contributed by atoms with Crippen LogP contribution in [0.4, 0.5) is 13.2 Å². The third kappa shape index (κ3) is 2.90. The highest BCUT2D eigenvalue weighted by molar-refractivity contribution is 5.95. The summed E-state index contributed by atoms with van der Waals surface area (Å²) in [6.45, 7) is 2.55. The van der Waals surface area contributed by atoms with Crippen molar-refractivity contribution in [2.24, 2.45) is 7.05 Å². The predicted molar refractivity (Wildman–Crippen MR) is 90.5 cm³/mol. The molecule has 1 saturated carbocycles. The molecule has 2 aromatic heterocycles. The molecule has 10 heteroatoms. The largest absolute Gasteiger partial charge is 0.422 e. The second kappa shape index (κ2) is 6.07. The van der Waals surface area contributed by atoms with Gasteiger partial charge in [-0.1, -0.05) is 12.1 Å². The second-order valence-electron chi connectivity index (χ2n) is 7.90. The van der Waals surface area contributed by atoms with Crippen LogP contribution in [0.1, 0.15) is 71.6 Å². The van der Waals surface area contributed by atoms with Gasteiger partial charge >= 0.3 is 6.18 Å². The molecule has 0 bridgehead atoms. The van der Waals surface area contributed by atoms with Gasteiger partial charge in [-0.2, -0.15) is 18.3 Å². The first-order valence-electron chi connectivity index (χ1n) is 9.11. The highest BCUT2D eigenvalue weighted by atomic mass is 19.4. The number of hydrogen-bond donors (Lipinski definition) is 1. The van der Waals surface area contributed by atoms with E-state index in [2.05, 4.69) is 10.3 Å². The van der Waals surface area contributed by atoms with Gasteiger partial charge in [0.25, 0.3) is 5.91 Å². The molecule has 1 N–H and O–H groups in total. The lowest BCUT2D eigenvalue weighted by atomic mass is 9.87. The number of carbonyl (C=O) groups is 1. The summed E-state index contributed by atoms with van der Waals surface area (Å²) in [7, 11) is 1.75. The van der Waals surface area contributed by atoms with E-state index in [4.69, 9.17) is 4.52 Å². The molecular weight excluding hydrogens is 377 g/mol. The van der Waals surface area contributed by atoms with Crippen molar-refractivity contribution in [1.82, 2.24) is 19.8 Å². The molecule has 1 fully saturated rings. The Morgan fingerprint density at radius 2 is 2.04 bits per heavy atom. The number of aromatic nitrogens is 3. The smallest absolute Gasteiger partial charge is 0.375 e. The number of carbonyl (C=O) groups excluding carboxylic acids is 1. The summed E-state index contributed by atoms with van der Waals surface area (Å²) in [5.74, 6) is -0.239. The molecule has 0 saturated heterocycles. The topological polar surface area (TPSA) is 84.4 Å². The van der Waals surface area contributed by atoms with E-state index in [0.29, 0.717) is 12.5 Å². The lowest BCUT2D eigenvalue weighted by molar-refractivity contribution is -0.261. The molecule has 1 aliphatic carbocycles. The molecular formula is C18H21F3N4O3. The molecule has 0 unspecified atom stereocenters. The minimum Gasteiger partial charge on any atom is -0.375 e. The average Bonchev–Trinajstić information content (AvgIpc) is 3.22. The summed E-state index contributed by atoms with van der Waals surface area (Å²) in [5.41, 5.74) is -2.14. The Bertz CT molecular complexity index is 927. The monoisotopic (exact) mass is 398 g/mol. The molecule has 1 aliphatic heterocycles. The van der Waals surface area contributed by atoms with Crippen molar-refractivity contribution in [2.45, 2.75) is 56.8 Å². The summed E-state index contributed by atoms with van der Waals surface area (Å²) >= 11 is 0. The van der Waals surface area contributed by atoms with E-state index < -0.39 is 23.4 Å². The Morgan fingerprint density at radius 3 is 2.64 bits per heavy atom. The lowest BCUT2D eigenvalue weighted by Crippen LogP contribution is -2.42. The highest BCUT2D eigenvalue weighted by Gasteiger charge is 2.55. The number of rotatable bonds is 3. The van der Waals surface area contributed by atoms with Crippen LogP contribution in [-0.4, -0.2) is 43.6 Å². The van der Waals surface area contributed by atoms with Crippen LogP contribution in [0.25, 0.3) is 0 Å². The zero-order chi connectivity index (χ0) is 20.4. The van der Waals surface area contributed by atoms with E-state index in [0.717, 1.165) is 18.5 Å². The minimum absolute atomic E-state index is 0.00154. The third-order valence-corrected chi connectivity index (χ3v) is 5.48. The molecule has 3 heterocycles. The number of hydrogen-bond acceptors (Lipinski definition) is 5. The first-order valence-corrected chi connectivity index (χ1v) is 9.11. The van der Waals surface area contributed by atoms with Gasteiger partial charge in [-0.05, 0) is 19.8 Å². The summed E-state index contributed by atoms with van der Waals surface area (Å²) in [4.78, 5) is 14.6. The van der Waals surface area contributed by atoms with Crippen molar-refractivity contribution < 1.29 is 27.6 Å². The molecule has 2 aromatic rings. The Kier molecular flexibility index (Phi) is 4.11. The number of alkyl halides is 3. The van der Waals surface area contributed by atoms with Crippen LogP contribution in [0.5, 0.6) is 0 Å². The summed E-state index contributed by atoms with van der Waals surface area (Å²) in [6.07, 6.45) is -1.22. The Balaban J connectivity index is 1.64. The van der Waals surface area contributed by atoms with Gasteiger partial charge in [-0.25, -0.2) is 0 Å². The van der Waals surface area contributed by atoms with Crippen molar-refractivity contribution in [2.75, 3.05) is 6.54 Å². The fraction of sp³-hybridized carbons (Fsp3) is 0.611. The van der Waals surface area contributed by atoms with Gasteiger partial charge in [0.2, 0.25) is 5.60 Å². The Morgan fingerprint density at radius 1 is 1.36 bits per heavy atom. The molecule has 1 amide bonds. The van der Waals surface area contributed by atoms with Gasteiger partial charge in [0.05, 0.1) is 17.8 Å². The maximum Gasteiger partial charge on any atom is 0.422 e. The van der Waals surface area contributed by atoms with Crippen LogP contribution in [-0.2, 0) is 19.2 Å². The van der Waals surface area contributed by atoms with Gasteiger partial charge in [-0.3, -0.25) is 9.48 Å². The molecule has 0 radical (unpaired) electrons. The summed E-state index contributed by atoms with van der Waals surface area (Å²) in [6, 6.07) is 0. The van der Waals surface area contributed by atoms with Crippen LogP contribution in [0.3, 0.4) is 0 Å². The third-order valence-electron chi connectivity index (χ3n) is 5.48. The van der Waals surface area contributed by atoms with Crippen LogP contribution in [0, 0.1) is 0 Å². The average molecular weight is 398 g/mol. The Labute approximate surface area is 159 Å².